The second-order valence-electron chi connectivity index (χ2n) is 4.58. The molecule has 0 heterocycles. The van der Waals surface area contributed by atoms with Gasteiger partial charge in [-0.3, -0.25) is 0 Å². The van der Waals surface area contributed by atoms with Crippen molar-refractivity contribution in [1.29, 1.82) is 0 Å². The normalized spacial score (nSPS) is 10.0. The Morgan fingerprint density at radius 2 is 1.58 bits per heavy atom. The topological polar surface area (TPSA) is 67.2 Å². The molecule has 0 atom stereocenters. The highest BCUT2D eigenvalue weighted by molar-refractivity contribution is 6.00. The van der Waals surface area contributed by atoms with E-state index >= 15 is 0 Å². The van der Waals surface area contributed by atoms with Crippen LogP contribution in [-0.2, 0) is 0 Å². The van der Waals surface area contributed by atoms with Crippen LogP contribution in [-0.4, -0.2) is 6.03 Å². The van der Waals surface area contributed by atoms with E-state index in [1.165, 1.54) is 0 Å². The van der Waals surface area contributed by atoms with Gasteiger partial charge in [-0.15, -0.1) is 0 Å². The van der Waals surface area contributed by atoms with Crippen LogP contribution in [0.3, 0.4) is 0 Å². The number of benzene rings is 2. The van der Waals surface area contributed by atoms with E-state index < -0.39 is 0 Å². The van der Waals surface area contributed by atoms with Crippen molar-refractivity contribution >= 4 is 23.1 Å². The van der Waals surface area contributed by atoms with Crippen LogP contribution in [0.1, 0.15) is 11.1 Å². The third-order valence-corrected chi connectivity index (χ3v) is 2.62. The highest BCUT2D eigenvalue weighted by Gasteiger charge is 2.03. The van der Waals surface area contributed by atoms with Crippen LogP contribution in [0.5, 0.6) is 0 Å². The molecule has 2 aromatic rings. The van der Waals surface area contributed by atoms with Crippen molar-refractivity contribution in [1.82, 2.24) is 0 Å². The van der Waals surface area contributed by atoms with E-state index in [-0.39, 0.29) is 6.03 Å². The van der Waals surface area contributed by atoms with Crippen LogP contribution < -0.4 is 16.4 Å². The average Bonchev–Trinajstić information content (AvgIpc) is 2.26. The van der Waals surface area contributed by atoms with Crippen molar-refractivity contribution in [3.8, 4) is 0 Å². The molecule has 0 aliphatic rings. The Kier molecular flexibility index (Phi) is 3.71. The fourth-order valence-corrected chi connectivity index (χ4v) is 1.96. The van der Waals surface area contributed by atoms with Gasteiger partial charge >= 0.3 is 6.03 Å². The molecule has 2 rings (SSSR count). The zero-order valence-corrected chi connectivity index (χ0v) is 11.0. The number of amides is 2. The average molecular weight is 255 g/mol. The zero-order valence-electron chi connectivity index (χ0n) is 11.0. The summed E-state index contributed by atoms with van der Waals surface area (Å²) in [6.07, 6.45) is 0. The first kappa shape index (κ1) is 13.0. The molecule has 0 aromatic heterocycles. The molecule has 98 valence electrons. The Morgan fingerprint density at radius 3 is 2.21 bits per heavy atom. The maximum absolute atomic E-state index is 11.9. The SMILES string of the molecule is Cc1cc(C)cc(NC(=O)Nc2cccc(N)c2)c1. The maximum Gasteiger partial charge on any atom is 0.323 e. The number of nitrogens with two attached hydrogens (primary N) is 1. The van der Waals surface area contributed by atoms with Crippen LogP contribution in [0.2, 0.25) is 0 Å². The molecular formula is C15H17N3O. The number of rotatable bonds is 2. The number of hydrogen-bond acceptors (Lipinski definition) is 2. The molecule has 19 heavy (non-hydrogen) atoms. The summed E-state index contributed by atoms with van der Waals surface area (Å²) in [5, 5.41) is 5.54. The zero-order chi connectivity index (χ0) is 13.8. The predicted molar refractivity (Wildman–Crippen MR) is 79.4 cm³/mol. The van der Waals surface area contributed by atoms with Gasteiger partial charge in [0.2, 0.25) is 0 Å². The van der Waals surface area contributed by atoms with E-state index in [9.17, 15) is 4.79 Å². The number of hydrogen-bond donors (Lipinski definition) is 3. The molecule has 0 aliphatic heterocycles. The molecule has 0 unspecified atom stereocenters. The summed E-state index contributed by atoms with van der Waals surface area (Å²) >= 11 is 0. The summed E-state index contributed by atoms with van der Waals surface area (Å²) < 4.78 is 0. The minimum atomic E-state index is -0.282. The minimum absolute atomic E-state index is 0.282. The van der Waals surface area contributed by atoms with Crippen molar-refractivity contribution in [2.75, 3.05) is 16.4 Å². The lowest BCUT2D eigenvalue weighted by molar-refractivity contribution is 0.262. The van der Waals surface area contributed by atoms with Crippen LogP contribution in [0, 0.1) is 13.8 Å². The van der Waals surface area contributed by atoms with Gasteiger partial charge in [0.15, 0.2) is 0 Å². The smallest absolute Gasteiger partial charge is 0.323 e. The molecule has 2 amide bonds. The number of carbonyl (C=O) groups is 1. The summed E-state index contributed by atoms with van der Waals surface area (Å²) in [5.74, 6) is 0. The van der Waals surface area contributed by atoms with Crippen molar-refractivity contribution in [3.05, 3.63) is 53.6 Å². The summed E-state index contributed by atoms with van der Waals surface area (Å²) in [6, 6.07) is 12.7. The summed E-state index contributed by atoms with van der Waals surface area (Å²) in [7, 11) is 0. The molecule has 0 fully saturated rings. The standard InChI is InChI=1S/C15H17N3O/c1-10-6-11(2)8-14(7-10)18-15(19)17-13-5-3-4-12(16)9-13/h3-9H,16H2,1-2H3,(H2,17,18,19). The van der Waals surface area contributed by atoms with Gasteiger partial charge in [-0.1, -0.05) is 12.1 Å². The van der Waals surface area contributed by atoms with Crippen molar-refractivity contribution in [2.45, 2.75) is 13.8 Å². The first-order valence-electron chi connectivity index (χ1n) is 6.05. The molecule has 0 radical (unpaired) electrons. The van der Waals surface area contributed by atoms with Gasteiger partial charge in [0.1, 0.15) is 0 Å². The van der Waals surface area contributed by atoms with E-state index in [0.717, 1.165) is 16.8 Å². The Balaban J connectivity index is 2.05. The van der Waals surface area contributed by atoms with Crippen LogP contribution >= 0.6 is 0 Å². The maximum atomic E-state index is 11.9. The van der Waals surface area contributed by atoms with E-state index in [2.05, 4.69) is 16.7 Å². The van der Waals surface area contributed by atoms with E-state index in [4.69, 9.17) is 5.73 Å². The largest absolute Gasteiger partial charge is 0.399 e. The van der Waals surface area contributed by atoms with Gasteiger partial charge in [-0.2, -0.15) is 0 Å². The third kappa shape index (κ3) is 3.74. The van der Waals surface area contributed by atoms with Gasteiger partial charge in [-0.05, 0) is 55.3 Å². The van der Waals surface area contributed by atoms with Gasteiger partial charge < -0.3 is 16.4 Å². The Bertz CT molecular complexity index is 588. The molecule has 0 saturated heterocycles. The van der Waals surface area contributed by atoms with E-state index in [0.29, 0.717) is 11.4 Å². The lowest BCUT2D eigenvalue weighted by atomic mass is 10.1. The molecule has 4 nitrogen and oxygen atoms in total. The Morgan fingerprint density at radius 1 is 0.947 bits per heavy atom. The second kappa shape index (κ2) is 5.44. The fraction of sp³-hybridized carbons (Fsp3) is 0.133. The quantitative estimate of drug-likeness (QED) is 0.719. The first-order chi connectivity index (χ1) is 9.02. The van der Waals surface area contributed by atoms with Gasteiger partial charge in [0, 0.05) is 17.1 Å². The molecule has 4 heteroatoms. The molecular weight excluding hydrogens is 238 g/mol. The molecule has 4 N–H and O–H groups in total. The first-order valence-corrected chi connectivity index (χ1v) is 6.05. The highest BCUT2D eigenvalue weighted by Crippen LogP contribution is 2.15. The summed E-state index contributed by atoms with van der Waals surface area (Å²) in [5.41, 5.74) is 9.94. The Labute approximate surface area is 112 Å². The van der Waals surface area contributed by atoms with Crippen molar-refractivity contribution in [3.63, 3.8) is 0 Å². The molecule has 0 aliphatic carbocycles. The number of urea groups is 1. The minimum Gasteiger partial charge on any atom is -0.399 e. The van der Waals surface area contributed by atoms with Crippen molar-refractivity contribution < 1.29 is 4.79 Å². The van der Waals surface area contributed by atoms with Crippen LogP contribution in [0.25, 0.3) is 0 Å². The van der Waals surface area contributed by atoms with Gasteiger partial charge in [-0.25, -0.2) is 4.79 Å². The van der Waals surface area contributed by atoms with Gasteiger partial charge in [0.25, 0.3) is 0 Å². The number of carbonyl (C=O) groups excluding carboxylic acids is 1. The van der Waals surface area contributed by atoms with Crippen LogP contribution in [0.15, 0.2) is 42.5 Å². The van der Waals surface area contributed by atoms with Crippen molar-refractivity contribution in [2.24, 2.45) is 0 Å². The fourth-order valence-electron chi connectivity index (χ4n) is 1.96. The number of anilines is 3. The van der Waals surface area contributed by atoms with Crippen LogP contribution in [0.4, 0.5) is 21.9 Å². The molecule has 0 bridgehead atoms. The van der Waals surface area contributed by atoms with E-state index in [1.807, 2.05) is 26.0 Å². The highest BCUT2D eigenvalue weighted by atomic mass is 16.2. The lowest BCUT2D eigenvalue weighted by Crippen LogP contribution is -2.19. The molecule has 0 spiro atoms. The monoisotopic (exact) mass is 255 g/mol. The Hall–Kier alpha value is -2.49. The number of nitrogens with one attached hydrogen (secondary N) is 2. The number of nitrogen functional groups attached to an aromatic ring is 1. The summed E-state index contributed by atoms with van der Waals surface area (Å²) in [6.45, 7) is 3.99. The summed E-state index contributed by atoms with van der Waals surface area (Å²) in [4.78, 5) is 11.9. The van der Waals surface area contributed by atoms with E-state index in [1.54, 1.807) is 24.3 Å². The molecule has 0 saturated carbocycles. The second-order valence-corrected chi connectivity index (χ2v) is 4.58. The molecule has 2 aromatic carbocycles. The predicted octanol–water partition coefficient (Wildman–Crippen LogP) is 3.53. The lowest BCUT2D eigenvalue weighted by Gasteiger charge is -2.09. The number of aryl methyl sites for hydroxylation is 2. The third-order valence-electron chi connectivity index (χ3n) is 2.62. The van der Waals surface area contributed by atoms with Gasteiger partial charge in [0.05, 0.1) is 0 Å².